The molecule has 1 saturated heterocycles. The van der Waals surface area contributed by atoms with Crippen LogP contribution in [-0.4, -0.2) is 41.9 Å². The Balaban J connectivity index is 1.60. The Kier molecular flexibility index (Phi) is 6.00. The summed E-state index contributed by atoms with van der Waals surface area (Å²) in [5.74, 6) is 0.470. The van der Waals surface area contributed by atoms with Crippen molar-refractivity contribution in [3.05, 3.63) is 45.9 Å². The van der Waals surface area contributed by atoms with Gasteiger partial charge in [0.15, 0.2) is 0 Å². The number of methoxy groups -OCH3 is 1. The summed E-state index contributed by atoms with van der Waals surface area (Å²) in [7, 11) is 1.59. The first kappa shape index (κ1) is 18.5. The van der Waals surface area contributed by atoms with Crippen LogP contribution in [0.5, 0.6) is 0 Å². The van der Waals surface area contributed by atoms with Gasteiger partial charge in [-0.1, -0.05) is 6.92 Å². The summed E-state index contributed by atoms with van der Waals surface area (Å²) in [5.41, 5.74) is 1.65. The second kappa shape index (κ2) is 8.42. The quantitative estimate of drug-likeness (QED) is 0.872. The summed E-state index contributed by atoms with van der Waals surface area (Å²) in [6.45, 7) is 4.24. The highest BCUT2D eigenvalue weighted by atomic mass is 32.1. The van der Waals surface area contributed by atoms with E-state index in [0.29, 0.717) is 29.5 Å². The van der Waals surface area contributed by atoms with Crippen LogP contribution >= 0.6 is 11.3 Å². The predicted molar refractivity (Wildman–Crippen MR) is 102 cm³/mol. The van der Waals surface area contributed by atoms with E-state index in [-0.39, 0.29) is 11.8 Å². The summed E-state index contributed by atoms with van der Waals surface area (Å²) in [5, 5.41) is 5.27. The molecule has 0 bridgehead atoms. The third-order valence-corrected chi connectivity index (χ3v) is 5.34. The van der Waals surface area contributed by atoms with Gasteiger partial charge in [0.05, 0.1) is 6.61 Å². The van der Waals surface area contributed by atoms with Crippen molar-refractivity contribution >= 4 is 28.8 Å². The normalized spacial score (nSPS) is 15.1. The molecule has 6 nitrogen and oxygen atoms in total. The molecule has 1 aliphatic rings. The van der Waals surface area contributed by atoms with E-state index in [2.05, 4.69) is 17.2 Å². The molecule has 1 aliphatic heterocycles. The number of ether oxygens (including phenoxy) is 1. The van der Waals surface area contributed by atoms with Crippen molar-refractivity contribution in [2.45, 2.75) is 26.4 Å². The van der Waals surface area contributed by atoms with Gasteiger partial charge in [0.1, 0.15) is 10.7 Å². The number of carbonyl (C=O) groups is 2. The molecule has 1 aromatic carbocycles. The minimum absolute atomic E-state index is 0.0542. The van der Waals surface area contributed by atoms with E-state index in [0.717, 1.165) is 30.9 Å². The van der Waals surface area contributed by atoms with Gasteiger partial charge in [0, 0.05) is 36.8 Å². The van der Waals surface area contributed by atoms with E-state index in [1.165, 1.54) is 11.3 Å². The second-order valence-electron chi connectivity index (χ2n) is 6.57. The molecule has 0 unspecified atom stereocenters. The number of hydrogen-bond donors (Lipinski definition) is 1. The van der Waals surface area contributed by atoms with E-state index in [4.69, 9.17) is 4.74 Å². The minimum atomic E-state index is -0.271. The van der Waals surface area contributed by atoms with Crippen molar-refractivity contribution in [2.24, 2.45) is 5.92 Å². The number of carbonyl (C=O) groups excluding carboxylic acids is 2. The maximum absolute atomic E-state index is 12.5. The van der Waals surface area contributed by atoms with E-state index in [1.54, 1.807) is 36.8 Å². The molecule has 0 saturated carbocycles. The fraction of sp³-hybridized carbons (Fsp3) is 0.421. The summed E-state index contributed by atoms with van der Waals surface area (Å²) < 4.78 is 5.01. The lowest BCUT2D eigenvalue weighted by molar-refractivity contribution is 0.0697. The van der Waals surface area contributed by atoms with Crippen molar-refractivity contribution in [2.75, 3.05) is 25.5 Å². The number of likely N-dealkylation sites (tertiary alicyclic amines) is 1. The fourth-order valence-corrected chi connectivity index (χ4v) is 3.63. The van der Waals surface area contributed by atoms with Crippen LogP contribution in [0.1, 0.15) is 45.6 Å². The summed E-state index contributed by atoms with van der Waals surface area (Å²) in [4.78, 5) is 30.9. The molecule has 0 aliphatic carbocycles. The van der Waals surface area contributed by atoms with Crippen LogP contribution in [-0.2, 0) is 11.3 Å². The Morgan fingerprint density at radius 2 is 1.96 bits per heavy atom. The monoisotopic (exact) mass is 373 g/mol. The molecule has 0 atom stereocenters. The first-order valence-electron chi connectivity index (χ1n) is 8.71. The molecule has 0 radical (unpaired) electrons. The lowest BCUT2D eigenvalue weighted by atomic mass is 9.98. The van der Waals surface area contributed by atoms with E-state index < -0.39 is 0 Å². The maximum atomic E-state index is 12.5. The predicted octanol–water partition coefficient (Wildman–Crippen LogP) is 3.41. The summed E-state index contributed by atoms with van der Waals surface area (Å²) in [6.07, 6.45) is 2.11. The Hall–Kier alpha value is -2.25. The van der Waals surface area contributed by atoms with Gasteiger partial charge in [0.25, 0.3) is 11.8 Å². The molecule has 7 heteroatoms. The second-order valence-corrected chi connectivity index (χ2v) is 7.51. The molecule has 0 spiro atoms. The molecule has 138 valence electrons. The number of anilines is 1. The number of nitrogens with one attached hydrogen (secondary N) is 1. The first-order valence-corrected chi connectivity index (χ1v) is 9.59. The Morgan fingerprint density at radius 1 is 1.27 bits per heavy atom. The highest BCUT2D eigenvalue weighted by Gasteiger charge is 2.21. The van der Waals surface area contributed by atoms with Gasteiger partial charge in [-0.2, -0.15) is 0 Å². The van der Waals surface area contributed by atoms with E-state index in [1.807, 2.05) is 4.90 Å². The lowest BCUT2D eigenvalue weighted by Gasteiger charge is -2.30. The fourth-order valence-electron chi connectivity index (χ4n) is 2.89. The number of hydrogen-bond acceptors (Lipinski definition) is 5. The summed E-state index contributed by atoms with van der Waals surface area (Å²) in [6, 6.07) is 7.01. The SMILES string of the molecule is COCc1nc(C(=O)Nc2ccc(C(=O)N3CCC(C)CC3)cc2)cs1. The molecular weight excluding hydrogens is 350 g/mol. The number of rotatable bonds is 5. The smallest absolute Gasteiger partial charge is 0.275 e. The number of aromatic nitrogens is 1. The largest absolute Gasteiger partial charge is 0.378 e. The number of benzene rings is 1. The van der Waals surface area contributed by atoms with E-state index in [9.17, 15) is 9.59 Å². The van der Waals surface area contributed by atoms with Crippen molar-refractivity contribution in [1.29, 1.82) is 0 Å². The van der Waals surface area contributed by atoms with Gasteiger partial charge in [0.2, 0.25) is 0 Å². The van der Waals surface area contributed by atoms with Crippen LogP contribution in [0.4, 0.5) is 5.69 Å². The van der Waals surface area contributed by atoms with Crippen LogP contribution in [0.15, 0.2) is 29.6 Å². The van der Waals surface area contributed by atoms with Gasteiger partial charge < -0.3 is 15.0 Å². The first-order chi connectivity index (χ1) is 12.6. The Labute approximate surface area is 157 Å². The third kappa shape index (κ3) is 4.47. The molecule has 1 aromatic heterocycles. The average Bonchev–Trinajstić information content (AvgIpc) is 3.12. The van der Waals surface area contributed by atoms with Crippen LogP contribution < -0.4 is 5.32 Å². The topological polar surface area (TPSA) is 71.5 Å². The van der Waals surface area contributed by atoms with Crippen molar-refractivity contribution in [3.8, 4) is 0 Å². The van der Waals surface area contributed by atoms with Gasteiger partial charge in [-0.25, -0.2) is 4.98 Å². The van der Waals surface area contributed by atoms with Crippen molar-refractivity contribution in [1.82, 2.24) is 9.88 Å². The van der Waals surface area contributed by atoms with Gasteiger partial charge in [-0.05, 0) is 43.0 Å². The molecule has 2 aromatic rings. The molecular formula is C19H23N3O3S. The van der Waals surface area contributed by atoms with E-state index >= 15 is 0 Å². The highest BCUT2D eigenvalue weighted by molar-refractivity contribution is 7.09. The number of nitrogens with zero attached hydrogens (tertiary/aromatic N) is 2. The zero-order valence-electron chi connectivity index (χ0n) is 15.0. The van der Waals surface area contributed by atoms with Crippen LogP contribution in [0.25, 0.3) is 0 Å². The molecule has 1 fully saturated rings. The minimum Gasteiger partial charge on any atom is -0.378 e. The number of piperidine rings is 1. The van der Waals surface area contributed by atoms with Crippen LogP contribution in [0.3, 0.4) is 0 Å². The lowest BCUT2D eigenvalue weighted by Crippen LogP contribution is -2.37. The van der Waals surface area contributed by atoms with Gasteiger partial charge in [-0.3, -0.25) is 9.59 Å². The van der Waals surface area contributed by atoms with Crippen molar-refractivity contribution in [3.63, 3.8) is 0 Å². The highest BCUT2D eigenvalue weighted by Crippen LogP contribution is 2.19. The Bertz CT molecular complexity index is 765. The molecule has 26 heavy (non-hydrogen) atoms. The van der Waals surface area contributed by atoms with Crippen LogP contribution in [0.2, 0.25) is 0 Å². The number of amides is 2. The zero-order chi connectivity index (χ0) is 18.5. The van der Waals surface area contributed by atoms with Gasteiger partial charge >= 0.3 is 0 Å². The van der Waals surface area contributed by atoms with Crippen molar-refractivity contribution < 1.29 is 14.3 Å². The standard InChI is InChI=1S/C19H23N3O3S/c1-13-7-9-22(10-8-13)19(24)14-3-5-15(6-4-14)20-18(23)16-12-26-17(21-16)11-25-2/h3-6,12-13H,7-11H2,1-2H3,(H,20,23). The Morgan fingerprint density at radius 3 is 2.62 bits per heavy atom. The third-order valence-electron chi connectivity index (χ3n) is 4.51. The zero-order valence-corrected chi connectivity index (χ0v) is 15.8. The van der Waals surface area contributed by atoms with Gasteiger partial charge in [-0.15, -0.1) is 11.3 Å². The molecule has 2 amide bonds. The summed E-state index contributed by atoms with van der Waals surface area (Å²) >= 11 is 1.39. The maximum Gasteiger partial charge on any atom is 0.275 e. The molecule has 2 heterocycles. The number of thiazole rings is 1. The molecule has 1 N–H and O–H groups in total. The average molecular weight is 373 g/mol. The van der Waals surface area contributed by atoms with Crippen LogP contribution in [0, 0.1) is 5.92 Å². The molecule has 3 rings (SSSR count).